The minimum absolute atomic E-state index is 0.0929. The predicted octanol–water partition coefficient (Wildman–Crippen LogP) is 2.75. The third-order valence-corrected chi connectivity index (χ3v) is 8.68. The molecule has 3 amide bonds. The van der Waals surface area contributed by atoms with Crippen molar-refractivity contribution < 1.29 is 24.2 Å². The molecule has 0 aromatic heterocycles. The molecule has 0 aliphatic carbocycles. The number of carbonyl (C=O) groups excluding carboxylic acids is 3. The molecule has 9 heteroatoms. The minimum atomic E-state index is -1.04. The fourth-order valence-corrected chi connectivity index (χ4v) is 7.16. The van der Waals surface area contributed by atoms with Gasteiger partial charge in [-0.15, -0.1) is 13.2 Å². The van der Waals surface area contributed by atoms with E-state index >= 15 is 0 Å². The maximum atomic E-state index is 14.2. The number of alkyl halides is 1. The number of amides is 3. The Balaban J connectivity index is 1.98. The van der Waals surface area contributed by atoms with Crippen LogP contribution in [0.5, 0.6) is 0 Å². The second kappa shape index (κ2) is 12.7. The number of rotatable bonds is 15. The number of likely N-dealkylation sites (tertiary alicyclic amines) is 1. The van der Waals surface area contributed by atoms with E-state index in [1.807, 2.05) is 0 Å². The van der Waals surface area contributed by atoms with Gasteiger partial charge in [0.15, 0.2) is 0 Å². The van der Waals surface area contributed by atoms with E-state index in [0.29, 0.717) is 45.4 Å². The molecule has 6 atom stereocenters. The highest BCUT2D eigenvalue weighted by molar-refractivity contribution is 9.09. The van der Waals surface area contributed by atoms with Crippen LogP contribution in [-0.2, 0) is 19.1 Å². The number of likely N-dealkylation sites (N-methyl/N-ethyl adjacent to an activating group) is 1. The summed E-state index contributed by atoms with van der Waals surface area (Å²) in [4.78, 5) is 46.6. The first kappa shape index (κ1) is 28.9. The van der Waals surface area contributed by atoms with Crippen LogP contribution in [0, 0.1) is 11.8 Å². The van der Waals surface area contributed by atoms with E-state index in [1.54, 1.807) is 33.9 Å². The molecule has 3 aliphatic rings. The van der Waals surface area contributed by atoms with E-state index in [2.05, 4.69) is 36.0 Å². The summed E-state index contributed by atoms with van der Waals surface area (Å²) in [5.41, 5.74) is -1.04. The Morgan fingerprint density at radius 3 is 2.53 bits per heavy atom. The lowest BCUT2D eigenvalue weighted by molar-refractivity contribution is -0.148. The molecule has 0 saturated carbocycles. The van der Waals surface area contributed by atoms with Gasteiger partial charge in [-0.25, -0.2) is 0 Å². The van der Waals surface area contributed by atoms with E-state index in [4.69, 9.17) is 4.74 Å². The zero-order chi connectivity index (χ0) is 26.5. The fraction of sp³-hybridized carbons (Fsp3) is 0.741. The molecule has 3 rings (SSSR count). The van der Waals surface area contributed by atoms with Gasteiger partial charge in [0.1, 0.15) is 11.6 Å². The van der Waals surface area contributed by atoms with Gasteiger partial charge in [-0.3, -0.25) is 14.4 Å². The molecular weight excluding hydrogens is 526 g/mol. The van der Waals surface area contributed by atoms with Crippen molar-refractivity contribution in [2.75, 3.05) is 39.8 Å². The summed E-state index contributed by atoms with van der Waals surface area (Å²) in [5, 5.41) is 9.20. The van der Waals surface area contributed by atoms with Gasteiger partial charge in [0, 0.05) is 44.7 Å². The Kier molecular flexibility index (Phi) is 10.2. The van der Waals surface area contributed by atoms with E-state index in [-0.39, 0.29) is 29.2 Å². The standard InChI is InChI=1S/C27H42BrN3O5/c1-5-8-10-15-30(14-7-3)26(35)23-27-18-19(28)22(36-27)20(24(33)29(4)13-6-2)21(27)25(34)31(23)16-11-9-12-17-32/h6-7,19-23,32H,2-3,5,8-18H2,1,4H3/t19?,20-,21-,22-,23?,27?/m0/s1. The summed E-state index contributed by atoms with van der Waals surface area (Å²) in [6.45, 7) is 11.6. The molecular formula is C27H42BrN3O5. The van der Waals surface area contributed by atoms with Crippen molar-refractivity contribution >= 4 is 33.7 Å². The highest BCUT2D eigenvalue weighted by Crippen LogP contribution is 2.60. The number of ether oxygens (including phenoxy) is 1. The molecule has 8 nitrogen and oxygen atoms in total. The van der Waals surface area contributed by atoms with E-state index in [9.17, 15) is 19.5 Å². The first-order chi connectivity index (χ1) is 17.3. The maximum absolute atomic E-state index is 14.2. The highest BCUT2D eigenvalue weighted by atomic mass is 79.9. The molecule has 1 N–H and O–H groups in total. The largest absolute Gasteiger partial charge is 0.396 e. The number of hydrogen-bond donors (Lipinski definition) is 1. The zero-order valence-electron chi connectivity index (χ0n) is 21.7. The molecule has 0 aromatic carbocycles. The van der Waals surface area contributed by atoms with Crippen molar-refractivity contribution in [2.24, 2.45) is 11.8 Å². The van der Waals surface area contributed by atoms with Gasteiger partial charge < -0.3 is 24.5 Å². The number of aliphatic hydroxyl groups excluding tert-OH is 1. The predicted molar refractivity (Wildman–Crippen MR) is 142 cm³/mol. The maximum Gasteiger partial charge on any atom is 0.248 e. The summed E-state index contributed by atoms with van der Waals surface area (Å²) in [5.74, 6) is -1.78. The Hall–Kier alpha value is -1.71. The van der Waals surface area contributed by atoms with Crippen molar-refractivity contribution in [3.63, 3.8) is 0 Å². The Morgan fingerprint density at radius 2 is 1.89 bits per heavy atom. The molecule has 3 heterocycles. The highest BCUT2D eigenvalue weighted by Gasteiger charge is 2.76. The molecule has 3 unspecified atom stereocenters. The van der Waals surface area contributed by atoms with Crippen molar-refractivity contribution in [3.8, 4) is 0 Å². The van der Waals surface area contributed by atoms with Crippen LogP contribution in [0.15, 0.2) is 25.3 Å². The quantitative estimate of drug-likeness (QED) is 0.187. The van der Waals surface area contributed by atoms with Crippen molar-refractivity contribution in [1.82, 2.24) is 14.7 Å². The molecule has 0 radical (unpaired) electrons. The van der Waals surface area contributed by atoms with Gasteiger partial charge in [-0.1, -0.05) is 47.8 Å². The lowest BCUT2D eigenvalue weighted by Crippen LogP contribution is -2.57. The lowest BCUT2D eigenvalue weighted by atomic mass is 9.70. The van der Waals surface area contributed by atoms with Gasteiger partial charge in [0.05, 0.1) is 17.9 Å². The molecule has 2 bridgehead atoms. The first-order valence-electron chi connectivity index (χ1n) is 13.3. The van der Waals surface area contributed by atoms with E-state index in [0.717, 1.165) is 25.7 Å². The average Bonchev–Trinajstić information content (AvgIpc) is 3.44. The third-order valence-electron chi connectivity index (χ3n) is 7.84. The number of aliphatic hydroxyl groups is 1. The van der Waals surface area contributed by atoms with Crippen LogP contribution < -0.4 is 0 Å². The van der Waals surface area contributed by atoms with Crippen LogP contribution in [0.1, 0.15) is 51.9 Å². The minimum Gasteiger partial charge on any atom is -0.396 e. The number of hydrogen-bond acceptors (Lipinski definition) is 5. The molecule has 36 heavy (non-hydrogen) atoms. The Morgan fingerprint density at radius 1 is 1.17 bits per heavy atom. The van der Waals surface area contributed by atoms with Crippen LogP contribution in [0.3, 0.4) is 0 Å². The summed E-state index contributed by atoms with van der Waals surface area (Å²) < 4.78 is 6.58. The molecule has 3 aliphatic heterocycles. The normalized spacial score (nSPS) is 30.4. The second-order valence-corrected chi connectivity index (χ2v) is 11.4. The van der Waals surface area contributed by atoms with Crippen LogP contribution in [-0.4, -0.2) is 99.9 Å². The zero-order valence-corrected chi connectivity index (χ0v) is 23.3. The fourth-order valence-electron chi connectivity index (χ4n) is 6.21. The van der Waals surface area contributed by atoms with Crippen molar-refractivity contribution in [1.29, 1.82) is 0 Å². The van der Waals surface area contributed by atoms with Gasteiger partial charge in [0.2, 0.25) is 17.7 Å². The third kappa shape index (κ3) is 5.29. The van der Waals surface area contributed by atoms with Gasteiger partial charge >= 0.3 is 0 Å². The lowest BCUT2D eigenvalue weighted by Gasteiger charge is -2.37. The molecule has 3 fully saturated rings. The summed E-state index contributed by atoms with van der Waals surface area (Å²) in [6.07, 6.45) is 8.42. The average molecular weight is 569 g/mol. The number of unbranched alkanes of at least 4 members (excludes halogenated alkanes) is 4. The van der Waals surface area contributed by atoms with Gasteiger partial charge in [-0.05, 0) is 32.1 Å². The van der Waals surface area contributed by atoms with Crippen molar-refractivity contribution in [3.05, 3.63) is 25.3 Å². The summed E-state index contributed by atoms with van der Waals surface area (Å²) >= 11 is 3.72. The second-order valence-electron chi connectivity index (χ2n) is 10.3. The molecule has 1 spiro atoms. The van der Waals surface area contributed by atoms with Crippen LogP contribution in [0.25, 0.3) is 0 Å². The molecule has 0 aromatic rings. The Bertz CT molecular complexity index is 838. The van der Waals surface area contributed by atoms with Gasteiger partial charge in [0.25, 0.3) is 0 Å². The van der Waals surface area contributed by atoms with Crippen LogP contribution in [0.4, 0.5) is 0 Å². The molecule has 202 valence electrons. The van der Waals surface area contributed by atoms with E-state index < -0.39 is 29.6 Å². The molecule has 3 saturated heterocycles. The Labute approximate surface area is 223 Å². The van der Waals surface area contributed by atoms with E-state index in [1.165, 1.54) is 0 Å². The number of fused-ring (bicyclic) bond motifs is 1. The van der Waals surface area contributed by atoms with Gasteiger partial charge in [-0.2, -0.15) is 0 Å². The smallest absolute Gasteiger partial charge is 0.248 e. The number of nitrogens with zero attached hydrogens (tertiary/aromatic N) is 3. The first-order valence-corrected chi connectivity index (χ1v) is 14.2. The van der Waals surface area contributed by atoms with Crippen LogP contribution >= 0.6 is 15.9 Å². The monoisotopic (exact) mass is 567 g/mol. The number of halogens is 1. The summed E-state index contributed by atoms with van der Waals surface area (Å²) in [6, 6.07) is -0.779. The SMILES string of the molecule is C=CCN(C)C(=O)[C@H]1[C@H]2C(=O)N(CCCCCO)C(C(=O)N(CC=C)CCCCC)C23CC(Br)[C@@H]1O3. The van der Waals surface area contributed by atoms with Crippen molar-refractivity contribution in [2.45, 2.75) is 74.4 Å². The van der Waals surface area contributed by atoms with Crippen LogP contribution in [0.2, 0.25) is 0 Å². The topological polar surface area (TPSA) is 90.4 Å². The summed E-state index contributed by atoms with van der Waals surface area (Å²) in [7, 11) is 1.71. The number of carbonyl (C=O) groups is 3.